The molecule has 0 aliphatic carbocycles. The average Bonchev–Trinajstić information content (AvgIpc) is 3.20. The Hall–Kier alpha value is -2.71. The monoisotopic (exact) mass is 462 g/mol. The zero-order chi connectivity index (χ0) is 22.4. The number of hydrogen-bond donors (Lipinski definition) is 3. The molecule has 0 spiro atoms. The van der Waals surface area contributed by atoms with Crippen LogP contribution in [0.25, 0.3) is 0 Å². The summed E-state index contributed by atoms with van der Waals surface area (Å²) in [6, 6.07) is 11.5. The molecule has 0 bridgehead atoms. The third kappa shape index (κ3) is 6.90. The molecule has 3 aromatic rings. The number of thiophene rings is 1. The highest BCUT2D eigenvalue weighted by atomic mass is 32.1. The first-order chi connectivity index (χ1) is 14.7. The Kier molecular flexibility index (Phi) is 7.46. The van der Waals surface area contributed by atoms with Gasteiger partial charge in [0.05, 0.1) is 18.0 Å². The first-order valence-corrected chi connectivity index (χ1v) is 12.0. The lowest BCUT2D eigenvalue weighted by Crippen LogP contribution is -2.15. The third-order valence-electron chi connectivity index (χ3n) is 4.04. The zero-order valence-corrected chi connectivity index (χ0v) is 18.7. The second kappa shape index (κ2) is 10.1. The molecule has 0 aliphatic heterocycles. The van der Waals surface area contributed by atoms with Gasteiger partial charge in [0.1, 0.15) is 17.3 Å². The summed E-state index contributed by atoms with van der Waals surface area (Å²) in [7, 11) is -4.39. The fourth-order valence-electron chi connectivity index (χ4n) is 2.67. The van der Waals surface area contributed by atoms with Crippen LogP contribution in [-0.4, -0.2) is 33.4 Å². The van der Waals surface area contributed by atoms with Gasteiger partial charge >= 0.3 is 7.60 Å². The van der Waals surface area contributed by atoms with Gasteiger partial charge in [-0.1, -0.05) is 6.07 Å². The van der Waals surface area contributed by atoms with Gasteiger partial charge in [-0.15, -0.1) is 11.3 Å². The summed E-state index contributed by atoms with van der Waals surface area (Å²) in [5.41, 5.74) is 0.310. The van der Waals surface area contributed by atoms with Crippen molar-refractivity contribution in [3.05, 3.63) is 64.5 Å². The van der Waals surface area contributed by atoms with Crippen LogP contribution in [0.1, 0.15) is 29.1 Å². The molecule has 8 nitrogen and oxygen atoms in total. The molecule has 0 unspecified atom stereocenters. The summed E-state index contributed by atoms with van der Waals surface area (Å²) in [5, 5.41) is 4.40. The first kappa shape index (κ1) is 23.0. The van der Waals surface area contributed by atoms with Crippen molar-refractivity contribution in [2.45, 2.75) is 26.4 Å². The van der Waals surface area contributed by atoms with E-state index < -0.39 is 13.5 Å². The van der Waals surface area contributed by atoms with Gasteiger partial charge in [-0.2, -0.15) is 0 Å². The maximum Gasteiger partial charge on any atom is 0.357 e. The molecule has 0 saturated heterocycles. The van der Waals surface area contributed by atoms with Crippen molar-refractivity contribution in [1.82, 2.24) is 4.98 Å². The second-order valence-electron chi connectivity index (χ2n) is 6.94. The quantitative estimate of drug-likeness (QED) is 0.416. The lowest BCUT2D eigenvalue weighted by molar-refractivity contribution is 0.102. The van der Waals surface area contributed by atoms with E-state index in [1.54, 1.807) is 29.5 Å². The number of carbonyl (C=O) groups is 1. The van der Waals surface area contributed by atoms with Crippen LogP contribution in [0.5, 0.6) is 11.5 Å². The van der Waals surface area contributed by atoms with E-state index in [0.717, 1.165) is 12.6 Å². The summed E-state index contributed by atoms with van der Waals surface area (Å²) in [5.74, 6) is 0.717. The Balaban J connectivity index is 1.74. The summed E-state index contributed by atoms with van der Waals surface area (Å²) in [6.07, 6.45) is 1.71. The Morgan fingerprint density at radius 2 is 1.97 bits per heavy atom. The summed E-state index contributed by atoms with van der Waals surface area (Å²) >= 11 is 1.66. The molecule has 1 aromatic carbocycles. The molecule has 0 atom stereocenters. The van der Waals surface area contributed by atoms with Gasteiger partial charge in [0.2, 0.25) is 0 Å². The van der Waals surface area contributed by atoms with Gasteiger partial charge in [-0.05, 0) is 49.6 Å². The lowest BCUT2D eigenvalue weighted by atomic mass is 10.2. The van der Waals surface area contributed by atoms with Gasteiger partial charge in [0.25, 0.3) is 5.91 Å². The van der Waals surface area contributed by atoms with E-state index >= 15 is 0 Å². The summed E-state index contributed by atoms with van der Waals surface area (Å²) in [4.78, 5) is 36.2. The maximum absolute atomic E-state index is 12.7. The van der Waals surface area contributed by atoms with Crippen molar-refractivity contribution in [2.75, 3.05) is 11.9 Å². The minimum atomic E-state index is -4.39. The fourth-order valence-corrected chi connectivity index (χ4v) is 3.84. The van der Waals surface area contributed by atoms with Crippen molar-refractivity contribution < 1.29 is 28.6 Å². The third-order valence-corrected chi connectivity index (χ3v) is 5.91. The molecule has 1 amide bonds. The molecule has 31 heavy (non-hydrogen) atoms. The Bertz CT molecular complexity index is 1060. The number of aromatic nitrogens is 1. The number of amides is 1. The van der Waals surface area contributed by atoms with Gasteiger partial charge in [0, 0.05) is 29.1 Å². The summed E-state index contributed by atoms with van der Waals surface area (Å²) < 4.78 is 22.8. The molecule has 2 heterocycles. The summed E-state index contributed by atoms with van der Waals surface area (Å²) in [6.45, 7) is 4.23. The number of benzene rings is 1. The molecule has 10 heteroatoms. The van der Waals surface area contributed by atoms with E-state index in [1.807, 2.05) is 31.4 Å². The molecule has 3 N–H and O–H groups in total. The van der Waals surface area contributed by atoms with E-state index in [4.69, 9.17) is 19.3 Å². The van der Waals surface area contributed by atoms with Crippen LogP contribution in [0, 0.1) is 0 Å². The zero-order valence-electron chi connectivity index (χ0n) is 17.0. The molecule has 2 aromatic heterocycles. The fraction of sp³-hybridized carbons (Fsp3) is 0.238. The van der Waals surface area contributed by atoms with Crippen LogP contribution in [0.2, 0.25) is 0 Å². The van der Waals surface area contributed by atoms with Gasteiger partial charge in [0.15, 0.2) is 0 Å². The van der Waals surface area contributed by atoms with Crippen molar-refractivity contribution in [2.24, 2.45) is 0 Å². The Labute approximate surface area is 184 Å². The molecule has 3 rings (SSSR count). The van der Waals surface area contributed by atoms with E-state index in [9.17, 15) is 9.36 Å². The number of pyridine rings is 1. The van der Waals surface area contributed by atoms with E-state index in [-0.39, 0.29) is 17.2 Å². The molecular weight excluding hydrogens is 439 g/mol. The number of hydrogen-bond acceptors (Lipinski definition) is 6. The first-order valence-electron chi connectivity index (χ1n) is 9.51. The molecule has 0 fully saturated rings. The topological polar surface area (TPSA) is 118 Å². The highest BCUT2D eigenvalue weighted by molar-refractivity contribution is 7.60. The largest absolute Gasteiger partial charge is 0.493 e. The SMILES string of the molecule is CC(C)Oc1cc(OCCc2cccs2)cc(C(=O)Nc2ccc(P(=O)(O)O)cn2)c1. The normalized spacial score (nSPS) is 11.4. The molecule has 0 saturated carbocycles. The lowest BCUT2D eigenvalue weighted by Gasteiger charge is -2.14. The Morgan fingerprint density at radius 1 is 1.19 bits per heavy atom. The van der Waals surface area contributed by atoms with Crippen LogP contribution in [0.3, 0.4) is 0 Å². The molecular formula is C21H23N2O6PS. The van der Waals surface area contributed by atoms with E-state index in [1.165, 1.54) is 17.0 Å². The standard InChI is InChI=1S/C21H23N2O6PS/c1-14(2)29-17-11-15(10-16(12-17)28-8-7-19-4-3-9-31-19)21(24)23-20-6-5-18(13-22-20)30(25,26)27/h3-6,9-14H,7-8H2,1-2H3,(H,22,23,24)(H2,25,26,27). The number of nitrogens with one attached hydrogen (secondary N) is 1. The second-order valence-corrected chi connectivity index (χ2v) is 9.57. The minimum Gasteiger partial charge on any atom is -0.493 e. The van der Waals surface area contributed by atoms with Crippen molar-refractivity contribution in [3.8, 4) is 11.5 Å². The highest BCUT2D eigenvalue weighted by Gasteiger charge is 2.18. The highest BCUT2D eigenvalue weighted by Crippen LogP contribution is 2.32. The molecule has 0 radical (unpaired) electrons. The molecule has 0 aliphatic rings. The van der Waals surface area contributed by atoms with E-state index in [2.05, 4.69) is 10.3 Å². The van der Waals surface area contributed by atoms with Crippen molar-refractivity contribution in [1.29, 1.82) is 0 Å². The van der Waals surface area contributed by atoms with Gasteiger partial charge < -0.3 is 24.6 Å². The van der Waals surface area contributed by atoms with Crippen LogP contribution >= 0.6 is 18.9 Å². The Morgan fingerprint density at radius 3 is 2.58 bits per heavy atom. The number of ether oxygens (including phenoxy) is 2. The van der Waals surface area contributed by atoms with Crippen LogP contribution in [0.15, 0.2) is 54.0 Å². The van der Waals surface area contributed by atoms with Crippen LogP contribution in [-0.2, 0) is 11.0 Å². The number of anilines is 1. The average molecular weight is 462 g/mol. The van der Waals surface area contributed by atoms with Gasteiger partial charge in [-0.25, -0.2) is 4.98 Å². The van der Waals surface area contributed by atoms with E-state index in [0.29, 0.717) is 23.7 Å². The number of rotatable bonds is 9. The minimum absolute atomic E-state index is 0.0841. The smallest absolute Gasteiger partial charge is 0.357 e. The predicted molar refractivity (Wildman–Crippen MR) is 120 cm³/mol. The van der Waals surface area contributed by atoms with Gasteiger partial charge in [-0.3, -0.25) is 9.36 Å². The predicted octanol–water partition coefficient (Wildman–Crippen LogP) is 3.61. The maximum atomic E-state index is 12.7. The van der Waals surface area contributed by atoms with Crippen LogP contribution in [0.4, 0.5) is 5.82 Å². The van der Waals surface area contributed by atoms with Crippen molar-refractivity contribution in [3.63, 3.8) is 0 Å². The number of carbonyl (C=O) groups excluding carboxylic acids is 1. The number of nitrogens with zero attached hydrogens (tertiary/aromatic N) is 1. The van der Waals surface area contributed by atoms with Crippen molar-refractivity contribution >= 4 is 36.0 Å². The molecule has 164 valence electrons. The van der Waals surface area contributed by atoms with Crippen LogP contribution < -0.4 is 20.1 Å².